The van der Waals surface area contributed by atoms with Gasteiger partial charge in [-0.25, -0.2) is 8.91 Å². The maximum absolute atomic E-state index is 14.8. The van der Waals surface area contributed by atoms with E-state index >= 15 is 0 Å². The third kappa shape index (κ3) is 2.64. The number of H-pyrrole nitrogens is 1. The Kier molecular flexibility index (Phi) is 3.96. The van der Waals surface area contributed by atoms with Crippen molar-refractivity contribution in [3.63, 3.8) is 0 Å². The summed E-state index contributed by atoms with van der Waals surface area (Å²) in [5, 5.41) is 13.5. The van der Waals surface area contributed by atoms with E-state index in [1.165, 1.54) is 6.33 Å². The highest BCUT2D eigenvalue weighted by atomic mass is 19.1. The van der Waals surface area contributed by atoms with Crippen molar-refractivity contribution in [1.29, 1.82) is 0 Å². The molecule has 8 heteroatoms. The van der Waals surface area contributed by atoms with Gasteiger partial charge in [-0.2, -0.15) is 10.1 Å². The first-order chi connectivity index (χ1) is 12.6. The van der Waals surface area contributed by atoms with Crippen LogP contribution in [-0.4, -0.2) is 37.9 Å². The third-order valence-corrected chi connectivity index (χ3v) is 4.14. The quantitative estimate of drug-likeness (QED) is 0.574. The third-order valence-electron chi connectivity index (χ3n) is 4.14. The van der Waals surface area contributed by atoms with Crippen LogP contribution in [0.15, 0.2) is 30.7 Å². The molecule has 0 radical (unpaired) electrons. The number of fused-ring (bicyclic) bond motifs is 2. The number of nitrogens with one attached hydrogen (secondary N) is 1. The molecule has 0 amide bonds. The minimum absolute atomic E-state index is 0.0792. The predicted octanol–water partition coefficient (Wildman–Crippen LogP) is 3.13. The van der Waals surface area contributed by atoms with E-state index in [0.717, 1.165) is 11.3 Å². The highest BCUT2D eigenvalue weighted by molar-refractivity contribution is 5.83. The molecule has 0 atom stereocenters. The average Bonchev–Trinajstić information content (AvgIpc) is 3.16. The SMILES string of the molecule is Cc1cc2c(F)c(Oc3ncnn4cc(OCCO)c(C)c34)ccc2[nH]1. The summed E-state index contributed by atoms with van der Waals surface area (Å²) in [5.74, 6) is 0.406. The van der Waals surface area contributed by atoms with E-state index in [2.05, 4.69) is 15.1 Å². The van der Waals surface area contributed by atoms with Gasteiger partial charge in [-0.15, -0.1) is 0 Å². The Hall–Kier alpha value is -3.13. The van der Waals surface area contributed by atoms with Gasteiger partial charge in [-0.1, -0.05) is 0 Å². The van der Waals surface area contributed by atoms with Crippen LogP contribution >= 0.6 is 0 Å². The molecule has 2 N–H and O–H groups in total. The lowest BCUT2D eigenvalue weighted by atomic mass is 10.2. The summed E-state index contributed by atoms with van der Waals surface area (Å²) >= 11 is 0. The Morgan fingerprint density at radius 2 is 2.12 bits per heavy atom. The van der Waals surface area contributed by atoms with Crippen molar-refractivity contribution < 1.29 is 19.0 Å². The molecule has 0 spiro atoms. The number of aromatic amines is 1. The number of nitrogens with zero attached hydrogens (tertiary/aromatic N) is 3. The Morgan fingerprint density at radius 1 is 1.27 bits per heavy atom. The van der Waals surface area contributed by atoms with Gasteiger partial charge in [0.2, 0.25) is 5.88 Å². The Morgan fingerprint density at radius 3 is 2.92 bits per heavy atom. The number of benzene rings is 1. The molecule has 0 saturated carbocycles. The lowest BCUT2D eigenvalue weighted by Gasteiger charge is -2.08. The first kappa shape index (κ1) is 16.3. The number of aliphatic hydroxyl groups is 1. The molecular weight excluding hydrogens is 339 g/mol. The van der Waals surface area contributed by atoms with Crippen LogP contribution in [0.1, 0.15) is 11.3 Å². The number of hydrogen-bond donors (Lipinski definition) is 2. The molecule has 0 aliphatic heterocycles. The summed E-state index contributed by atoms with van der Waals surface area (Å²) in [6.45, 7) is 3.76. The average molecular weight is 356 g/mol. The summed E-state index contributed by atoms with van der Waals surface area (Å²) in [6.07, 6.45) is 3.00. The molecule has 0 saturated heterocycles. The number of halogens is 1. The van der Waals surface area contributed by atoms with Gasteiger partial charge in [-0.05, 0) is 32.0 Å². The largest absolute Gasteiger partial charge is 0.489 e. The summed E-state index contributed by atoms with van der Waals surface area (Å²) in [5.41, 5.74) is 2.89. The van der Waals surface area contributed by atoms with E-state index in [9.17, 15) is 4.39 Å². The van der Waals surface area contributed by atoms with Gasteiger partial charge in [0.05, 0.1) is 12.8 Å². The number of aromatic nitrogens is 4. The van der Waals surface area contributed by atoms with E-state index in [1.807, 2.05) is 13.8 Å². The molecule has 0 aliphatic carbocycles. The second-order valence-electron chi connectivity index (χ2n) is 5.94. The Labute approximate surface area is 148 Å². The molecule has 0 fully saturated rings. The van der Waals surface area contributed by atoms with Crippen molar-refractivity contribution in [1.82, 2.24) is 19.6 Å². The first-order valence-corrected chi connectivity index (χ1v) is 8.10. The Bertz CT molecular complexity index is 1100. The van der Waals surface area contributed by atoms with Gasteiger partial charge >= 0.3 is 0 Å². The zero-order chi connectivity index (χ0) is 18.3. The van der Waals surface area contributed by atoms with E-state index in [4.69, 9.17) is 14.6 Å². The van der Waals surface area contributed by atoms with E-state index in [0.29, 0.717) is 22.2 Å². The summed E-state index contributed by atoms with van der Waals surface area (Å²) in [7, 11) is 0. The fourth-order valence-corrected chi connectivity index (χ4v) is 2.95. The van der Waals surface area contributed by atoms with Crippen molar-refractivity contribution in [2.24, 2.45) is 0 Å². The zero-order valence-electron chi connectivity index (χ0n) is 14.3. The molecule has 1 aromatic carbocycles. The van der Waals surface area contributed by atoms with Crippen molar-refractivity contribution in [3.8, 4) is 17.4 Å². The molecule has 26 heavy (non-hydrogen) atoms. The van der Waals surface area contributed by atoms with Crippen molar-refractivity contribution in [3.05, 3.63) is 47.8 Å². The van der Waals surface area contributed by atoms with Crippen LogP contribution in [0.3, 0.4) is 0 Å². The second-order valence-corrected chi connectivity index (χ2v) is 5.94. The molecule has 3 heterocycles. The fraction of sp³-hybridized carbons (Fsp3) is 0.222. The van der Waals surface area contributed by atoms with Crippen molar-refractivity contribution >= 4 is 16.4 Å². The summed E-state index contributed by atoms with van der Waals surface area (Å²) in [4.78, 5) is 7.24. The van der Waals surface area contributed by atoms with Gasteiger partial charge in [0.1, 0.15) is 24.2 Å². The van der Waals surface area contributed by atoms with Crippen LogP contribution in [0.4, 0.5) is 4.39 Å². The number of aryl methyl sites for hydroxylation is 2. The molecule has 3 aromatic heterocycles. The normalized spacial score (nSPS) is 11.4. The van der Waals surface area contributed by atoms with Gasteiger partial charge in [0.15, 0.2) is 11.6 Å². The lowest BCUT2D eigenvalue weighted by molar-refractivity contribution is 0.201. The molecule has 4 aromatic rings. The predicted molar refractivity (Wildman–Crippen MR) is 93.4 cm³/mol. The van der Waals surface area contributed by atoms with Gasteiger partial charge < -0.3 is 19.6 Å². The smallest absolute Gasteiger partial charge is 0.247 e. The molecule has 4 rings (SSSR count). The van der Waals surface area contributed by atoms with Gasteiger partial charge in [0.25, 0.3) is 0 Å². The van der Waals surface area contributed by atoms with Crippen LogP contribution in [0, 0.1) is 19.7 Å². The van der Waals surface area contributed by atoms with Crippen molar-refractivity contribution in [2.45, 2.75) is 13.8 Å². The zero-order valence-corrected chi connectivity index (χ0v) is 14.3. The summed E-state index contributed by atoms with van der Waals surface area (Å²) in [6, 6.07) is 5.06. The Balaban J connectivity index is 1.77. The maximum atomic E-state index is 14.8. The lowest BCUT2D eigenvalue weighted by Crippen LogP contribution is -2.01. The van der Waals surface area contributed by atoms with Gasteiger partial charge in [0, 0.05) is 22.2 Å². The van der Waals surface area contributed by atoms with E-state index in [-0.39, 0.29) is 24.8 Å². The number of rotatable bonds is 5. The van der Waals surface area contributed by atoms with Crippen LogP contribution in [-0.2, 0) is 0 Å². The number of hydrogen-bond acceptors (Lipinski definition) is 5. The molecule has 134 valence electrons. The molecule has 0 aliphatic rings. The molecular formula is C18H17FN4O3. The monoisotopic (exact) mass is 356 g/mol. The minimum Gasteiger partial charge on any atom is -0.489 e. The maximum Gasteiger partial charge on any atom is 0.247 e. The van der Waals surface area contributed by atoms with Crippen LogP contribution in [0.2, 0.25) is 0 Å². The standard InChI is InChI=1S/C18H17FN4O3/c1-10-7-12-13(22-10)3-4-14(16(12)19)26-18-17-11(2)15(25-6-5-24)8-23(17)21-9-20-18/h3-4,7-9,22,24H,5-6H2,1-2H3. The highest BCUT2D eigenvalue weighted by Crippen LogP contribution is 2.34. The second kappa shape index (κ2) is 6.30. The van der Waals surface area contributed by atoms with Crippen molar-refractivity contribution in [2.75, 3.05) is 13.2 Å². The first-order valence-electron chi connectivity index (χ1n) is 8.10. The van der Waals surface area contributed by atoms with Gasteiger partial charge in [-0.3, -0.25) is 0 Å². The molecule has 0 bridgehead atoms. The van der Waals surface area contributed by atoms with E-state index in [1.54, 1.807) is 28.9 Å². The van der Waals surface area contributed by atoms with Crippen LogP contribution < -0.4 is 9.47 Å². The number of ether oxygens (including phenoxy) is 2. The van der Waals surface area contributed by atoms with E-state index < -0.39 is 5.82 Å². The fourth-order valence-electron chi connectivity index (χ4n) is 2.95. The molecule has 0 unspecified atom stereocenters. The highest BCUT2D eigenvalue weighted by Gasteiger charge is 2.18. The topological polar surface area (TPSA) is 84.7 Å². The molecule has 7 nitrogen and oxygen atoms in total. The van der Waals surface area contributed by atoms with Crippen LogP contribution in [0.5, 0.6) is 17.4 Å². The minimum atomic E-state index is -0.454. The summed E-state index contributed by atoms with van der Waals surface area (Å²) < 4.78 is 27.6. The number of aliphatic hydroxyl groups excluding tert-OH is 1. The van der Waals surface area contributed by atoms with Crippen LogP contribution in [0.25, 0.3) is 16.4 Å².